The molecule has 0 aliphatic heterocycles. The molecule has 3 aromatic rings. The second kappa shape index (κ2) is 12.4. The predicted octanol–water partition coefficient (Wildman–Crippen LogP) is 6.67. The van der Waals surface area contributed by atoms with Gasteiger partial charge < -0.3 is 20.7 Å². The molecule has 1 aliphatic carbocycles. The molecule has 1 aliphatic rings. The lowest BCUT2D eigenvalue weighted by molar-refractivity contribution is 0.0911. The molecular weight excluding hydrogens is 508 g/mol. The van der Waals surface area contributed by atoms with Gasteiger partial charge in [-0.15, -0.1) is 11.3 Å². The molecule has 0 spiro atoms. The van der Waals surface area contributed by atoms with Crippen molar-refractivity contribution in [3.8, 4) is 5.75 Å². The van der Waals surface area contributed by atoms with Gasteiger partial charge >= 0.3 is 6.03 Å². The quantitative estimate of drug-likeness (QED) is 0.297. The molecule has 9 heteroatoms. The molecule has 2 atom stereocenters. The molecule has 0 saturated heterocycles. The highest BCUT2D eigenvalue weighted by Crippen LogP contribution is 2.23. The molecule has 0 radical (unpaired) electrons. The maximum atomic E-state index is 12.9. The number of rotatable bonds is 8. The molecule has 7 nitrogen and oxygen atoms in total. The molecule has 3 N–H and O–H groups in total. The Hall–Kier alpha value is -3.10. The van der Waals surface area contributed by atoms with Crippen molar-refractivity contribution >= 4 is 40.6 Å². The van der Waals surface area contributed by atoms with Gasteiger partial charge in [0.15, 0.2) is 0 Å². The van der Waals surface area contributed by atoms with Crippen molar-refractivity contribution in [2.24, 2.45) is 0 Å². The average Bonchev–Trinajstić information content (AvgIpc) is 3.36. The molecule has 1 aromatic heterocycles. The third-order valence-corrected chi connectivity index (χ3v) is 7.75. The number of aryl methyl sites for hydroxylation is 1. The second-order valence-corrected chi connectivity index (χ2v) is 11.0. The van der Waals surface area contributed by atoms with Crippen LogP contribution >= 0.6 is 22.9 Å². The second-order valence-electron chi connectivity index (χ2n) is 9.67. The van der Waals surface area contributed by atoms with E-state index >= 15 is 0 Å². The van der Waals surface area contributed by atoms with Gasteiger partial charge in [-0.2, -0.15) is 0 Å². The summed E-state index contributed by atoms with van der Waals surface area (Å²) in [5.74, 6) is 0.996. The SMILES string of the molecule is Cc1ccc(NC(=O)NC2CCCCC2NC(=O)c2csc(COc3ccc(C(C)C)cc3)n2)cc1Cl. The van der Waals surface area contributed by atoms with Crippen LogP contribution in [-0.2, 0) is 6.61 Å². The number of anilines is 1. The highest BCUT2D eigenvalue weighted by molar-refractivity contribution is 7.09. The van der Waals surface area contributed by atoms with Crippen LogP contribution in [0.25, 0.3) is 0 Å². The monoisotopic (exact) mass is 540 g/mol. The summed E-state index contributed by atoms with van der Waals surface area (Å²) in [6.07, 6.45) is 3.56. The van der Waals surface area contributed by atoms with Gasteiger partial charge in [0.25, 0.3) is 5.91 Å². The smallest absolute Gasteiger partial charge is 0.319 e. The van der Waals surface area contributed by atoms with Crippen molar-refractivity contribution in [2.75, 3.05) is 5.32 Å². The molecule has 4 rings (SSSR count). The lowest BCUT2D eigenvalue weighted by Crippen LogP contribution is -2.54. The first kappa shape index (κ1) is 26.9. The van der Waals surface area contributed by atoms with Crippen LogP contribution < -0.4 is 20.7 Å². The number of benzene rings is 2. The van der Waals surface area contributed by atoms with Crippen LogP contribution in [0, 0.1) is 6.92 Å². The van der Waals surface area contributed by atoms with Crippen molar-refractivity contribution in [1.29, 1.82) is 0 Å². The maximum absolute atomic E-state index is 12.9. The van der Waals surface area contributed by atoms with Crippen molar-refractivity contribution < 1.29 is 14.3 Å². The standard InChI is InChI=1S/C28H33ClN4O3S/c1-17(2)19-9-12-21(13-10-19)36-15-26-31-25(16-37-26)27(34)32-23-6-4-5-7-24(23)33-28(35)30-20-11-8-18(3)22(29)14-20/h8-14,16-17,23-24H,4-7,15H2,1-3H3,(H,32,34)(H2,30,33,35). The van der Waals surface area contributed by atoms with Gasteiger partial charge in [0.2, 0.25) is 0 Å². The molecule has 2 unspecified atom stereocenters. The Labute approximate surface area is 227 Å². The zero-order valence-electron chi connectivity index (χ0n) is 21.3. The maximum Gasteiger partial charge on any atom is 0.319 e. The fourth-order valence-electron chi connectivity index (χ4n) is 4.30. The Morgan fingerprint density at radius 1 is 1.08 bits per heavy atom. The fourth-order valence-corrected chi connectivity index (χ4v) is 5.17. The van der Waals surface area contributed by atoms with Gasteiger partial charge in [-0.05, 0) is 61.1 Å². The van der Waals surface area contributed by atoms with Crippen LogP contribution in [0.15, 0.2) is 47.8 Å². The summed E-state index contributed by atoms with van der Waals surface area (Å²) in [4.78, 5) is 30.0. The lowest BCUT2D eigenvalue weighted by Gasteiger charge is -2.32. The number of halogens is 1. The van der Waals surface area contributed by atoms with Gasteiger partial charge in [0.05, 0.1) is 6.04 Å². The van der Waals surface area contributed by atoms with Gasteiger partial charge in [0.1, 0.15) is 23.1 Å². The minimum atomic E-state index is -0.319. The molecular formula is C28H33ClN4O3S. The van der Waals surface area contributed by atoms with Crippen LogP contribution in [0.1, 0.15) is 72.1 Å². The first-order valence-electron chi connectivity index (χ1n) is 12.6. The van der Waals surface area contributed by atoms with E-state index in [-0.39, 0.29) is 24.0 Å². The number of urea groups is 1. The zero-order chi connectivity index (χ0) is 26.4. The van der Waals surface area contributed by atoms with Gasteiger partial charge in [0, 0.05) is 22.1 Å². The molecule has 1 fully saturated rings. The number of carbonyl (C=O) groups excluding carboxylic acids is 2. The van der Waals surface area contributed by atoms with Crippen LogP contribution in [0.3, 0.4) is 0 Å². The molecule has 196 valence electrons. The molecule has 2 aromatic carbocycles. The number of nitrogens with zero attached hydrogens (tertiary/aromatic N) is 1. The van der Waals surface area contributed by atoms with Crippen LogP contribution in [0.2, 0.25) is 5.02 Å². The Morgan fingerprint density at radius 2 is 1.78 bits per heavy atom. The van der Waals surface area contributed by atoms with E-state index in [4.69, 9.17) is 16.3 Å². The first-order chi connectivity index (χ1) is 17.8. The van der Waals surface area contributed by atoms with E-state index in [1.54, 1.807) is 11.4 Å². The normalized spacial score (nSPS) is 17.3. The summed E-state index contributed by atoms with van der Waals surface area (Å²) in [5, 5.41) is 12.0. The number of amides is 3. The van der Waals surface area contributed by atoms with Crippen molar-refractivity contribution in [2.45, 2.75) is 71.1 Å². The van der Waals surface area contributed by atoms with Crippen molar-refractivity contribution in [1.82, 2.24) is 15.6 Å². The van der Waals surface area contributed by atoms with Crippen LogP contribution in [-0.4, -0.2) is 29.0 Å². The van der Waals surface area contributed by atoms with E-state index in [0.717, 1.165) is 42.0 Å². The lowest BCUT2D eigenvalue weighted by atomic mass is 9.90. The van der Waals surface area contributed by atoms with Crippen molar-refractivity contribution in [3.63, 3.8) is 0 Å². The minimum absolute atomic E-state index is 0.172. The first-order valence-corrected chi connectivity index (χ1v) is 13.9. The minimum Gasteiger partial charge on any atom is -0.486 e. The number of ether oxygens (including phenoxy) is 1. The fraction of sp³-hybridized carbons (Fsp3) is 0.393. The number of hydrogen-bond donors (Lipinski definition) is 3. The number of hydrogen-bond acceptors (Lipinski definition) is 5. The highest BCUT2D eigenvalue weighted by atomic mass is 35.5. The molecule has 1 saturated carbocycles. The van der Waals surface area contributed by atoms with Gasteiger partial charge in [-0.3, -0.25) is 4.79 Å². The number of carbonyl (C=O) groups is 2. The molecule has 3 amide bonds. The summed E-state index contributed by atoms with van der Waals surface area (Å²) >= 11 is 7.56. The van der Waals surface area contributed by atoms with E-state index < -0.39 is 0 Å². The van der Waals surface area contributed by atoms with E-state index in [0.29, 0.717) is 28.9 Å². The summed E-state index contributed by atoms with van der Waals surface area (Å²) in [6, 6.07) is 12.8. The largest absolute Gasteiger partial charge is 0.486 e. The summed E-state index contributed by atoms with van der Waals surface area (Å²) < 4.78 is 5.85. The van der Waals surface area contributed by atoms with Gasteiger partial charge in [-0.25, -0.2) is 9.78 Å². The number of thiazole rings is 1. The van der Waals surface area contributed by atoms with E-state index in [2.05, 4.69) is 46.9 Å². The highest BCUT2D eigenvalue weighted by Gasteiger charge is 2.29. The molecule has 37 heavy (non-hydrogen) atoms. The predicted molar refractivity (Wildman–Crippen MR) is 149 cm³/mol. The van der Waals surface area contributed by atoms with Crippen LogP contribution in [0.5, 0.6) is 5.75 Å². The van der Waals surface area contributed by atoms with E-state index in [1.165, 1.54) is 16.9 Å². The van der Waals surface area contributed by atoms with Gasteiger partial charge in [-0.1, -0.05) is 56.5 Å². The van der Waals surface area contributed by atoms with E-state index in [9.17, 15) is 9.59 Å². The zero-order valence-corrected chi connectivity index (χ0v) is 22.9. The summed E-state index contributed by atoms with van der Waals surface area (Å²) in [5.41, 5.74) is 3.19. The summed E-state index contributed by atoms with van der Waals surface area (Å²) in [6.45, 7) is 6.52. The molecule has 1 heterocycles. The third kappa shape index (κ3) is 7.46. The Bertz CT molecular complexity index is 1230. The Morgan fingerprint density at radius 3 is 2.46 bits per heavy atom. The Kier molecular flexibility index (Phi) is 9.05. The van der Waals surface area contributed by atoms with E-state index in [1.807, 2.05) is 31.2 Å². The average molecular weight is 541 g/mol. The molecule has 0 bridgehead atoms. The number of aromatic nitrogens is 1. The van der Waals surface area contributed by atoms with Crippen LogP contribution in [0.4, 0.5) is 10.5 Å². The number of nitrogens with one attached hydrogen (secondary N) is 3. The Balaban J connectivity index is 1.30. The summed E-state index contributed by atoms with van der Waals surface area (Å²) in [7, 11) is 0. The van der Waals surface area contributed by atoms with Crippen molar-refractivity contribution in [3.05, 3.63) is 74.7 Å². The third-order valence-electron chi connectivity index (χ3n) is 6.52. The topological polar surface area (TPSA) is 92.4 Å².